The Hall–Kier alpha value is -5.16. The van der Waals surface area contributed by atoms with Crippen LogP contribution < -0.4 is 50.2 Å². The van der Waals surface area contributed by atoms with Gasteiger partial charge in [-0.1, -0.05) is 30.3 Å². The maximum absolute atomic E-state index is 14.4. The molecule has 11 heteroatoms. The second kappa shape index (κ2) is 13.5. The average Bonchev–Trinajstić information content (AvgIpc) is 3.06. The summed E-state index contributed by atoms with van der Waals surface area (Å²) in [6.45, 7) is 3.99. The van der Waals surface area contributed by atoms with Crippen molar-refractivity contribution in [2.75, 3.05) is 49.3 Å². The fraction of sp³-hybridized carbons (Fsp3) is 0.314. The minimum atomic E-state index is -0.784. The van der Waals surface area contributed by atoms with Crippen LogP contribution in [0.2, 0.25) is 0 Å². The quantitative estimate of drug-likeness (QED) is 0.267. The molecule has 1 aliphatic rings. The van der Waals surface area contributed by atoms with E-state index in [1.165, 1.54) is 33.0 Å². The number of aromatic amines is 1. The summed E-state index contributed by atoms with van der Waals surface area (Å²) in [4.78, 5) is 31.0. The number of fused-ring (bicyclic) bond motifs is 2. The summed E-state index contributed by atoms with van der Waals surface area (Å²) in [7, 11) is 9.21. The molecule has 4 aromatic rings. The van der Waals surface area contributed by atoms with Gasteiger partial charge in [0.1, 0.15) is 22.2 Å². The number of hydrogen-bond acceptors (Lipinski definition) is 9. The minimum absolute atomic E-state index is 0.0357. The first-order chi connectivity index (χ1) is 22.2. The highest BCUT2D eigenvalue weighted by Gasteiger charge is 2.34. The predicted molar refractivity (Wildman–Crippen MR) is 174 cm³/mol. The van der Waals surface area contributed by atoms with E-state index in [0.717, 1.165) is 5.56 Å². The number of methoxy groups -OCH3 is 6. The fourth-order valence-corrected chi connectivity index (χ4v) is 6.16. The van der Waals surface area contributed by atoms with Gasteiger partial charge in [0.05, 0.1) is 61.9 Å². The van der Waals surface area contributed by atoms with E-state index in [4.69, 9.17) is 33.2 Å². The molecule has 0 saturated heterocycles. The number of hydrogen-bond donors (Lipinski definition) is 1. The molecule has 46 heavy (non-hydrogen) atoms. The summed E-state index contributed by atoms with van der Waals surface area (Å²) in [6, 6.07) is 10.6. The Morgan fingerprint density at radius 2 is 1.41 bits per heavy atom. The first-order valence-electron chi connectivity index (χ1n) is 14.6. The lowest BCUT2D eigenvalue weighted by Gasteiger charge is -2.30. The highest BCUT2D eigenvalue weighted by atomic mass is 16.5. The molecule has 0 fully saturated rings. The zero-order chi connectivity index (χ0) is 33.1. The summed E-state index contributed by atoms with van der Waals surface area (Å²) in [5, 5.41) is 0.178. The molecule has 0 amide bonds. The standard InChI is InChI=1S/C35H38N2O9/c1-19-29(41-4)22(15-27(40-3)31(19)43-6)14-24-35(39)37-25(34(38)36-24)16-23-28(26(37)18-46-17-21-12-10-9-11-13-21)33(45-8)32(44-7)20(2)30(23)42-5/h9-16,26H,17-18H2,1-8H3,(H,36,38)/b24-14+. The molecule has 5 rings (SSSR count). The van der Waals surface area contributed by atoms with Crippen molar-refractivity contribution in [3.63, 3.8) is 0 Å². The summed E-state index contributed by atoms with van der Waals surface area (Å²) < 4.78 is 41.9. The van der Waals surface area contributed by atoms with Gasteiger partial charge >= 0.3 is 0 Å². The first kappa shape index (κ1) is 32.2. The van der Waals surface area contributed by atoms with Crippen LogP contribution in [-0.2, 0) is 11.3 Å². The van der Waals surface area contributed by atoms with E-state index >= 15 is 0 Å². The number of H-pyrrole nitrogens is 1. The van der Waals surface area contributed by atoms with Crippen molar-refractivity contribution < 1.29 is 33.2 Å². The van der Waals surface area contributed by atoms with Gasteiger partial charge in [-0.25, -0.2) is 0 Å². The molecule has 1 N–H and O–H groups in total. The van der Waals surface area contributed by atoms with Crippen molar-refractivity contribution in [2.45, 2.75) is 26.5 Å². The molecule has 0 radical (unpaired) electrons. The van der Waals surface area contributed by atoms with E-state index in [2.05, 4.69) is 4.98 Å². The Bertz CT molecular complexity index is 2010. The van der Waals surface area contributed by atoms with Crippen molar-refractivity contribution in [1.82, 2.24) is 9.55 Å². The number of ether oxygens (including phenoxy) is 7. The van der Waals surface area contributed by atoms with Crippen LogP contribution in [0.15, 0.2) is 46.0 Å². The van der Waals surface area contributed by atoms with Crippen LogP contribution in [0.5, 0.6) is 34.5 Å². The fourth-order valence-electron chi connectivity index (χ4n) is 6.16. The molecular formula is C35H38N2O9. The predicted octanol–water partition coefficient (Wildman–Crippen LogP) is 2.98. The third-order valence-corrected chi connectivity index (χ3v) is 8.16. The van der Waals surface area contributed by atoms with Crippen LogP contribution in [0.4, 0.5) is 0 Å². The van der Waals surface area contributed by atoms with E-state index in [1.807, 2.05) is 44.2 Å². The van der Waals surface area contributed by atoms with Gasteiger partial charge in [0.25, 0.3) is 11.1 Å². The highest BCUT2D eigenvalue weighted by Crippen LogP contribution is 2.48. The molecule has 0 saturated carbocycles. The molecule has 1 aromatic heterocycles. The van der Waals surface area contributed by atoms with Crippen LogP contribution in [0.1, 0.15) is 39.4 Å². The topological polar surface area (TPSA) is 119 Å². The zero-order valence-corrected chi connectivity index (χ0v) is 27.2. The van der Waals surface area contributed by atoms with E-state index in [1.54, 1.807) is 32.4 Å². The smallest absolute Gasteiger partial charge is 0.275 e. The first-order valence-corrected chi connectivity index (χ1v) is 14.6. The molecule has 242 valence electrons. The van der Waals surface area contributed by atoms with Gasteiger partial charge < -0.3 is 38.1 Å². The van der Waals surface area contributed by atoms with Gasteiger partial charge in [-0.2, -0.15) is 0 Å². The molecule has 1 aliphatic heterocycles. The monoisotopic (exact) mass is 630 g/mol. The Morgan fingerprint density at radius 1 is 0.783 bits per heavy atom. The van der Waals surface area contributed by atoms with E-state index < -0.39 is 17.2 Å². The molecule has 0 bridgehead atoms. The molecule has 0 aliphatic carbocycles. The lowest BCUT2D eigenvalue weighted by atomic mass is 9.91. The molecule has 3 aromatic carbocycles. The van der Waals surface area contributed by atoms with Crippen LogP contribution >= 0.6 is 0 Å². The Morgan fingerprint density at radius 3 is 2.02 bits per heavy atom. The van der Waals surface area contributed by atoms with Gasteiger partial charge in [-0.05, 0) is 37.6 Å². The highest BCUT2D eigenvalue weighted by molar-refractivity contribution is 5.74. The number of rotatable bonds is 11. The van der Waals surface area contributed by atoms with Crippen molar-refractivity contribution in [3.05, 3.63) is 101 Å². The van der Waals surface area contributed by atoms with Gasteiger partial charge in [0.2, 0.25) is 0 Å². The van der Waals surface area contributed by atoms with E-state index in [0.29, 0.717) is 62.3 Å². The Kier molecular flexibility index (Phi) is 9.43. The van der Waals surface area contributed by atoms with Crippen molar-refractivity contribution in [3.8, 4) is 34.5 Å². The maximum Gasteiger partial charge on any atom is 0.275 e. The van der Waals surface area contributed by atoms with Crippen molar-refractivity contribution in [1.29, 1.82) is 0 Å². The van der Waals surface area contributed by atoms with Gasteiger partial charge in [-0.3, -0.25) is 14.2 Å². The van der Waals surface area contributed by atoms with Crippen LogP contribution in [0.3, 0.4) is 0 Å². The maximum atomic E-state index is 14.4. The normalized spacial score (nSPS) is 13.7. The van der Waals surface area contributed by atoms with Crippen LogP contribution in [-0.4, -0.2) is 58.8 Å². The van der Waals surface area contributed by atoms with Crippen LogP contribution in [0, 0.1) is 13.8 Å². The number of benzene rings is 3. The van der Waals surface area contributed by atoms with Gasteiger partial charge in [0, 0.05) is 27.8 Å². The lowest BCUT2D eigenvalue weighted by Crippen LogP contribution is -2.56. The number of nitrogens with one attached hydrogen (secondary N) is 1. The van der Waals surface area contributed by atoms with E-state index in [9.17, 15) is 9.59 Å². The summed E-state index contributed by atoms with van der Waals surface area (Å²) in [6.07, 6.45) is 3.21. The summed E-state index contributed by atoms with van der Waals surface area (Å²) in [5.74, 6) is 2.78. The van der Waals surface area contributed by atoms with Crippen molar-refractivity contribution in [2.24, 2.45) is 0 Å². The Balaban J connectivity index is 1.81. The van der Waals surface area contributed by atoms with Gasteiger partial charge in [0.15, 0.2) is 23.0 Å². The molecule has 0 spiro atoms. The van der Waals surface area contributed by atoms with E-state index in [-0.39, 0.29) is 23.9 Å². The molecule has 1 atom stereocenters. The largest absolute Gasteiger partial charge is 0.496 e. The molecule has 1 unspecified atom stereocenters. The Labute approximate surface area is 266 Å². The zero-order valence-electron chi connectivity index (χ0n) is 27.2. The summed E-state index contributed by atoms with van der Waals surface area (Å²) in [5.41, 5.74) is 3.10. The number of nitrogens with zero attached hydrogens (tertiary/aromatic N) is 1. The average molecular weight is 631 g/mol. The molecule has 2 heterocycles. The number of aromatic nitrogens is 2. The third kappa shape index (κ3) is 5.47. The molecular weight excluding hydrogens is 592 g/mol. The second-order valence-electron chi connectivity index (χ2n) is 10.6. The third-order valence-electron chi connectivity index (χ3n) is 8.16. The molecule has 11 nitrogen and oxygen atoms in total. The lowest BCUT2D eigenvalue weighted by molar-refractivity contribution is 0.0967. The minimum Gasteiger partial charge on any atom is -0.496 e. The second-order valence-corrected chi connectivity index (χ2v) is 10.6. The summed E-state index contributed by atoms with van der Waals surface area (Å²) >= 11 is 0. The SMILES string of the molecule is COc1cc(/C=c2/[nH]c(=O)c3n(c2=O)C(COCc2ccccc2)c2c(c(OC)c(C)c(OC)c2OC)C=3)c(OC)c(C)c1OC. The van der Waals surface area contributed by atoms with Gasteiger partial charge in [-0.15, -0.1) is 0 Å². The van der Waals surface area contributed by atoms with Crippen LogP contribution in [0.25, 0.3) is 12.2 Å². The van der Waals surface area contributed by atoms with Crippen molar-refractivity contribution >= 4 is 12.2 Å².